The summed E-state index contributed by atoms with van der Waals surface area (Å²) in [6.07, 6.45) is 4.58. The van der Waals surface area contributed by atoms with Crippen LogP contribution in [-0.2, 0) is 28.6 Å². The first-order valence-electron chi connectivity index (χ1n) is 12.6. The van der Waals surface area contributed by atoms with Gasteiger partial charge >= 0.3 is 5.97 Å². The summed E-state index contributed by atoms with van der Waals surface area (Å²) in [5, 5.41) is 11.7. The molecule has 4 aliphatic carbocycles. The van der Waals surface area contributed by atoms with E-state index < -0.39 is 23.1 Å². The molecular formula is C27H40O7. The van der Waals surface area contributed by atoms with Gasteiger partial charge in [0.2, 0.25) is 5.78 Å². The maximum Gasteiger partial charge on any atom is 0.303 e. The molecule has 3 fully saturated rings. The van der Waals surface area contributed by atoms with E-state index in [2.05, 4.69) is 20.8 Å². The summed E-state index contributed by atoms with van der Waals surface area (Å²) in [5.74, 6) is -0.0656. The number of methoxy groups -OCH3 is 1. The Morgan fingerprint density at radius 3 is 2.56 bits per heavy atom. The average molecular weight is 477 g/mol. The number of carbonyl (C=O) groups excluding carboxylic acids is 3. The number of hydrogen-bond acceptors (Lipinski definition) is 7. The lowest BCUT2D eigenvalue weighted by molar-refractivity contribution is -0.225. The van der Waals surface area contributed by atoms with E-state index in [0.29, 0.717) is 12.8 Å². The van der Waals surface area contributed by atoms with E-state index in [0.717, 1.165) is 19.3 Å². The number of allylic oxidation sites excluding steroid dienone is 1. The molecule has 0 radical (unpaired) electrons. The topological polar surface area (TPSA) is 99.1 Å². The van der Waals surface area contributed by atoms with Gasteiger partial charge in [-0.1, -0.05) is 33.3 Å². The highest BCUT2D eigenvalue weighted by Gasteiger charge is 2.72. The van der Waals surface area contributed by atoms with Gasteiger partial charge in [0.25, 0.3) is 0 Å². The highest BCUT2D eigenvalue weighted by molar-refractivity contribution is 5.92. The van der Waals surface area contributed by atoms with Gasteiger partial charge in [-0.3, -0.25) is 14.4 Å². The normalized spacial score (nSPS) is 45.6. The minimum atomic E-state index is -1.21. The van der Waals surface area contributed by atoms with E-state index in [1.165, 1.54) is 19.6 Å². The quantitative estimate of drug-likeness (QED) is 0.463. The zero-order valence-corrected chi connectivity index (χ0v) is 21.4. The minimum Gasteiger partial charge on any atom is -0.458 e. The van der Waals surface area contributed by atoms with E-state index in [1.54, 1.807) is 0 Å². The number of Topliss-reactive ketones (excluding diaryl/α,β-unsaturated/α-hetero) is 1. The van der Waals surface area contributed by atoms with Crippen molar-refractivity contribution < 1.29 is 33.7 Å². The van der Waals surface area contributed by atoms with Crippen molar-refractivity contribution in [2.24, 2.45) is 40.4 Å². The van der Waals surface area contributed by atoms with Gasteiger partial charge in [0.05, 0.1) is 6.10 Å². The Labute approximate surface area is 202 Å². The van der Waals surface area contributed by atoms with Crippen LogP contribution in [0.25, 0.3) is 0 Å². The molecule has 7 nitrogen and oxygen atoms in total. The Morgan fingerprint density at radius 2 is 1.91 bits per heavy atom. The van der Waals surface area contributed by atoms with Gasteiger partial charge in [-0.05, 0) is 66.8 Å². The highest BCUT2D eigenvalue weighted by Crippen LogP contribution is 2.70. The van der Waals surface area contributed by atoms with Crippen molar-refractivity contribution in [2.75, 3.05) is 20.5 Å². The lowest BCUT2D eigenvalue weighted by atomic mass is 9.44. The summed E-state index contributed by atoms with van der Waals surface area (Å²) >= 11 is 0. The fourth-order valence-corrected chi connectivity index (χ4v) is 8.84. The summed E-state index contributed by atoms with van der Waals surface area (Å²) in [4.78, 5) is 37.5. The van der Waals surface area contributed by atoms with Gasteiger partial charge in [0.15, 0.2) is 12.4 Å². The van der Waals surface area contributed by atoms with Crippen molar-refractivity contribution in [1.82, 2.24) is 0 Å². The third-order valence-electron chi connectivity index (χ3n) is 9.98. The molecule has 3 saturated carbocycles. The third kappa shape index (κ3) is 3.53. The first-order valence-corrected chi connectivity index (χ1v) is 12.6. The molecule has 0 saturated heterocycles. The summed E-state index contributed by atoms with van der Waals surface area (Å²) in [6, 6.07) is 0. The van der Waals surface area contributed by atoms with Crippen LogP contribution in [-0.4, -0.2) is 54.9 Å². The number of aliphatic hydroxyl groups excluding tert-OH is 1. The van der Waals surface area contributed by atoms with E-state index in [-0.39, 0.29) is 60.0 Å². The minimum absolute atomic E-state index is 0.0371. The van der Waals surface area contributed by atoms with Gasteiger partial charge in [-0.15, -0.1) is 0 Å². The van der Waals surface area contributed by atoms with E-state index >= 15 is 0 Å². The molecule has 9 atom stereocenters. The van der Waals surface area contributed by atoms with Crippen LogP contribution in [0.15, 0.2) is 11.6 Å². The molecule has 4 aliphatic rings. The van der Waals surface area contributed by atoms with Crippen molar-refractivity contribution in [3.63, 3.8) is 0 Å². The summed E-state index contributed by atoms with van der Waals surface area (Å²) < 4.78 is 16.7. The van der Waals surface area contributed by atoms with Gasteiger partial charge < -0.3 is 19.3 Å². The van der Waals surface area contributed by atoms with Gasteiger partial charge in [0.1, 0.15) is 12.4 Å². The van der Waals surface area contributed by atoms with Gasteiger partial charge in [0, 0.05) is 25.9 Å². The van der Waals surface area contributed by atoms with Crippen LogP contribution in [0, 0.1) is 40.4 Å². The Kier molecular flexibility index (Phi) is 6.62. The Hall–Kier alpha value is -1.57. The van der Waals surface area contributed by atoms with Crippen LogP contribution in [0.2, 0.25) is 0 Å². The van der Waals surface area contributed by atoms with Crippen molar-refractivity contribution in [3.05, 3.63) is 11.6 Å². The molecule has 7 heteroatoms. The molecule has 0 amide bonds. The largest absolute Gasteiger partial charge is 0.458 e. The van der Waals surface area contributed by atoms with Crippen LogP contribution >= 0.6 is 0 Å². The lowest BCUT2D eigenvalue weighted by Crippen LogP contribution is -2.64. The predicted octanol–water partition coefficient (Wildman–Crippen LogP) is 3.47. The van der Waals surface area contributed by atoms with Crippen LogP contribution < -0.4 is 0 Å². The number of ether oxygens (including phenoxy) is 3. The Balaban J connectivity index is 1.77. The number of carbonyl (C=O) groups is 3. The average Bonchev–Trinajstić information content (AvgIpc) is 2.98. The molecule has 34 heavy (non-hydrogen) atoms. The molecule has 0 aromatic carbocycles. The lowest BCUT2D eigenvalue weighted by Gasteiger charge is -2.62. The number of ketones is 2. The maximum absolute atomic E-state index is 13.7. The van der Waals surface area contributed by atoms with Crippen LogP contribution in [0.4, 0.5) is 0 Å². The number of rotatable bonds is 6. The van der Waals surface area contributed by atoms with Crippen molar-refractivity contribution in [1.29, 1.82) is 0 Å². The Morgan fingerprint density at radius 1 is 1.21 bits per heavy atom. The second-order valence-corrected chi connectivity index (χ2v) is 11.7. The molecule has 0 heterocycles. The molecule has 0 bridgehead atoms. The number of aliphatic hydroxyl groups is 1. The fourth-order valence-electron chi connectivity index (χ4n) is 8.84. The molecular weight excluding hydrogens is 436 g/mol. The Bertz CT molecular complexity index is 895. The monoisotopic (exact) mass is 476 g/mol. The molecule has 0 aliphatic heterocycles. The smallest absolute Gasteiger partial charge is 0.303 e. The predicted molar refractivity (Wildman–Crippen MR) is 125 cm³/mol. The van der Waals surface area contributed by atoms with E-state index in [4.69, 9.17) is 14.2 Å². The van der Waals surface area contributed by atoms with Crippen molar-refractivity contribution in [3.8, 4) is 0 Å². The SMILES string of the molecule is COCO[C@]1(C(=O)COC(C)=O)[C@@H](C)C[C@H]2[C@@H]3C[C@H](C)C4=CC(=O)CC[C@]4(C)[C@H]3[C@@H](O)C[C@@]21C. The molecule has 4 rings (SSSR count). The number of fused-ring (bicyclic) bond motifs is 5. The zero-order chi connectivity index (χ0) is 25.1. The third-order valence-corrected chi connectivity index (χ3v) is 9.98. The van der Waals surface area contributed by atoms with Crippen molar-refractivity contribution in [2.45, 2.75) is 78.4 Å². The summed E-state index contributed by atoms with van der Waals surface area (Å²) in [6.45, 7) is 9.41. The molecule has 0 aromatic heterocycles. The van der Waals surface area contributed by atoms with E-state index in [1.807, 2.05) is 13.0 Å². The van der Waals surface area contributed by atoms with Gasteiger partial charge in [-0.2, -0.15) is 0 Å². The zero-order valence-electron chi connectivity index (χ0n) is 21.4. The first-order chi connectivity index (χ1) is 15.9. The molecule has 0 spiro atoms. The van der Waals surface area contributed by atoms with Crippen molar-refractivity contribution >= 4 is 17.5 Å². The highest BCUT2D eigenvalue weighted by atomic mass is 16.7. The second-order valence-electron chi connectivity index (χ2n) is 11.7. The first kappa shape index (κ1) is 25.5. The van der Waals surface area contributed by atoms with Gasteiger partial charge in [-0.25, -0.2) is 0 Å². The second kappa shape index (κ2) is 8.82. The van der Waals surface area contributed by atoms with Crippen LogP contribution in [0.3, 0.4) is 0 Å². The molecule has 0 aromatic rings. The van der Waals surface area contributed by atoms with E-state index in [9.17, 15) is 19.5 Å². The number of esters is 1. The standard InChI is InChI=1S/C27H40O7/c1-15-9-19-21-10-16(2)27(34-14-32-6,23(31)13-33-17(3)28)26(21,5)12-22(30)24(19)25(4)8-7-18(29)11-20(15)25/h11,15-16,19,21-22,24,30H,7-10,12-14H2,1-6H3/t15-,16-,19-,21-,22-,24+,25-,26-,27-/m0/s1. The van der Waals surface area contributed by atoms with Crippen LogP contribution in [0.1, 0.15) is 66.7 Å². The molecule has 190 valence electrons. The summed E-state index contributed by atoms with van der Waals surface area (Å²) in [7, 11) is 1.53. The summed E-state index contributed by atoms with van der Waals surface area (Å²) in [5.41, 5.74) is -0.880. The fraction of sp³-hybridized carbons (Fsp3) is 0.815. The maximum atomic E-state index is 13.7. The van der Waals surface area contributed by atoms with Crippen LogP contribution in [0.5, 0.6) is 0 Å². The molecule has 1 N–H and O–H groups in total. The molecule has 0 unspecified atom stereocenters. The number of hydrogen-bond donors (Lipinski definition) is 1.